The van der Waals surface area contributed by atoms with E-state index in [2.05, 4.69) is 20.7 Å². The highest BCUT2D eigenvalue weighted by Crippen LogP contribution is 2.38. The van der Waals surface area contributed by atoms with Gasteiger partial charge in [0.1, 0.15) is 18.1 Å². The summed E-state index contributed by atoms with van der Waals surface area (Å²) in [5.41, 5.74) is 0.708. The van der Waals surface area contributed by atoms with Crippen molar-refractivity contribution in [2.24, 2.45) is 13.0 Å². The summed E-state index contributed by atoms with van der Waals surface area (Å²) in [5, 5.41) is 22.1. The topological polar surface area (TPSA) is 134 Å². The molecular weight excluding hydrogens is 557 g/mol. The maximum absolute atomic E-state index is 13.9. The summed E-state index contributed by atoms with van der Waals surface area (Å²) in [6, 6.07) is -0.547. The summed E-state index contributed by atoms with van der Waals surface area (Å²) < 4.78 is 74.0. The number of urea groups is 1. The van der Waals surface area contributed by atoms with Crippen molar-refractivity contribution in [3.63, 3.8) is 0 Å². The Labute approximate surface area is 232 Å². The number of aromatic nitrogens is 3. The van der Waals surface area contributed by atoms with Crippen LogP contribution in [0.3, 0.4) is 0 Å². The third-order valence-corrected chi connectivity index (χ3v) is 7.45. The van der Waals surface area contributed by atoms with Gasteiger partial charge in [0.25, 0.3) is 0 Å². The van der Waals surface area contributed by atoms with Crippen LogP contribution in [0.15, 0.2) is 30.6 Å². The van der Waals surface area contributed by atoms with E-state index in [4.69, 9.17) is 4.74 Å². The standard InChI is InChI=1S/C25H32F5N7O4/c1-36-16(6-10-32-36)21(38)35-20(14-3-7-24(26,27)8-4-14)22(39)34-19-11-15(5-9-31-19)17(13-41-2)37-12-18(25(28,29)30)33-23(37)40/h5-6,9-11,14,17-18,20-21,35,38H,3-4,7-8,12-13H2,1-2H3,(H,33,40)(H,31,34,39)/t17-,18+,20+,21?/m1/s1. The number of halogens is 5. The van der Waals surface area contributed by atoms with Crippen molar-refractivity contribution >= 4 is 17.8 Å². The lowest BCUT2D eigenvalue weighted by Gasteiger charge is -2.34. The Balaban J connectivity index is 1.54. The van der Waals surface area contributed by atoms with Crippen LogP contribution in [0.4, 0.5) is 32.6 Å². The van der Waals surface area contributed by atoms with Crippen molar-refractivity contribution in [1.82, 2.24) is 30.3 Å². The minimum absolute atomic E-state index is 0.0172. The fourth-order valence-electron chi connectivity index (χ4n) is 5.19. The molecule has 1 saturated heterocycles. The largest absolute Gasteiger partial charge is 0.410 e. The summed E-state index contributed by atoms with van der Waals surface area (Å²) in [4.78, 5) is 31.0. The zero-order valence-corrected chi connectivity index (χ0v) is 22.4. The first-order valence-corrected chi connectivity index (χ1v) is 13.0. The van der Waals surface area contributed by atoms with Gasteiger partial charge in [0, 0.05) is 39.4 Å². The molecule has 3 heterocycles. The molecule has 226 valence electrons. The molecule has 41 heavy (non-hydrogen) atoms. The van der Waals surface area contributed by atoms with Gasteiger partial charge in [-0.2, -0.15) is 18.3 Å². The number of hydrogen-bond acceptors (Lipinski definition) is 7. The van der Waals surface area contributed by atoms with Gasteiger partial charge in [0.15, 0.2) is 0 Å². The minimum Gasteiger partial charge on any atom is -0.382 e. The first-order chi connectivity index (χ1) is 19.3. The predicted molar refractivity (Wildman–Crippen MR) is 135 cm³/mol. The highest BCUT2D eigenvalue weighted by molar-refractivity contribution is 5.94. The number of ether oxygens (including phenoxy) is 1. The van der Waals surface area contributed by atoms with E-state index in [1.54, 1.807) is 13.1 Å². The van der Waals surface area contributed by atoms with Crippen LogP contribution in [0, 0.1) is 5.92 Å². The van der Waals surface area contributed by atoms with E-state index in [9.17, 15) is 36.6 Å². The number of aryl methyl sites for hydroxylation is 1. The van der Waals surface area contributed by atoms with E-state index in [1.165, 1.54) is 36.3 Å². The normalized spacial score (nSPS) is 21.8. The van der Waals surface area contributed by atoms with Gasteiger partial charge in [-0.25, -0.2) is 18.6 Å². The van der Waals surface area contributed by atoms with Crippen LogP contribution in [-0.4, -0.2) is 81.2 Å². The molecule has 4 rings (SSSR count). The molecule has 1 unspecified atom stereocenters. The second-order valence-corrected chi connectivity index (χ2v) is 10.3. The van der Waals surface area contributed by atoms with E-state index in [0.717, 1.165) is 4.90 Å². The van der Waals surface area contributed by atoms with Crippen LogP contribution >= 0.6 is 0 Å². The lowest BCUT2D eigenvalue weighted by atomic mass is 9.81. The Morgan fingerprint density at radius 1 is 1.27 bits per heavy atom. The number of aliphatic hydroxyl groups excluding tert-OH is 1. The molecule has 4 N–H and O–H groups in total. The van der Waals surface area contributed by atoms with Gasteiger partial charge in [-0.1, -0.05) is 0 Å². The zero-order chi connectivity index (χ0) is 29.9. The highest BCUT2D eigenvalue weighted by Gasteiger charge is 2.48. The molecule has 0 radical (unpaired) electrons. The third-order valence-electron chi connectivity index (χ3n) is 7.45. The summed E-state index contributed by atoms with van der Waals surface area (Å²) in [6.45, 7) is -0.767. The fraction of sp³-hybridized carbons (Fsp3) is 0.600. The van der Waals surface area contributed by atoms with Gasteiger partial charge < -0.3 is 25.4 Å². The van der Waals surface area contributed by atoms with Crippen molar-refractivity contribution in [2.45, 2.75) is 62.1 Å². The van der Waals surface area contributed by atoms with Crippen molar-refractivity contribution in [2.75, 3.05) is 25.6 Å². The number of nitrogens with one attached hydrogen (secondary N) is 3. The second kappa shape index (κ2) is 12.2. The Bertz CT molecular complexity index is 1220. The number of nitrogens with zero attached hydrogens (tertiary/aromatic N) is 4. The van der Waals surface area contributed by atoms with E-state index >= 15 is 0 Å². The second-order valence-electron chi connectivity index (χ2n) is 10.3. The number of aliphatic hydroxyl groups is 1. The van der Waals surface area contributed by atoms with Crippen molar-refractivity contribution < 1.29 is 41.4 Å². The van der Waals surface area contributed by atoms with Gasteiger partial charge in [-0.15, -0.1) is 0 Å². The van der Waals surface area contributed by atoms with Gasteiger partial charge >= 0.3 is 12.2 Å². The molecule has 11 nitrogen and oxygen atoms in total. The Morgan fingerprint density at radius 2 is 1.98 bits per heavy atom. The molecule has 2 fully saturated rings. The number of amides is 3. The lowest BCUT2D eigenvalue weighted by Crippen LogP contribution is -2.49. The smallest absolute Gasteiger partial charge is 0.382 e. The summed E-state index contributed by atoms with van der Waals surface area (Å²) in [6.07, 6.45) is -3.95. The van der Waals surface area contributed by atoms with Crippen LogP contribution in [-0.2, 0) is 16.6 Å². The molecule has 2 aromatic heterocycles. The average molecular weight is 590 g/mol. The molecule has 2 aliphatic rings. The van der Waals surface area contributed by atoms with Crippen LogP contribution in [0.25, 0.3) is 0 Å². The summed E-state index contributed by atoms with van der Waals surface area (Å²) >= 11 is 0. The molecule has 0 aromatic carbocycles. The monoisotopic (exact) mass is 589 g/mol. The molecule has 0 spiro atoms. The van der Waals surface area contributed by atoms with Gasteiger partial charge in [0.05, 0.1) is 30.9 Å². The van der Waals surface area contributed by atoms with E-state index in [0.29, 0.717) is 11.3 Å². The maximum atomic E-state index is 13.9. The van der Waals surface area contributed by atoms with Crippen LogP contribution in [0.1, 0.15) is 49.2 Å². The predicted octanol–water partition coefficient (Wildman–Crippen LogP) is 2.87. The average Bonchev–Trinajstić information content (AvgIpc) is 3.51. The Kier molecular flexibility index (Phi) is 9.13. The quantitative estimate of drug-likeness (QED) is 0.248. The molecule has 1 saturated carbocycles. The number of rotatable bonds is 10. The Morgan fingerprint density at radius 3 is 2.56 bits per heavy atom. The number of alkyl halides is 5. The highest BCUT2D eigenvalue weighted by atomic mass is 19.4. The number of anilines is 1. The first-order valence-electron chi connectivity index (χ1n) is 13.0. The molecule has 1 aliphatic carbocycles. The van der Waals surface area contributed by atoms with Crippen molar-refractivity contribution in [3.05, 3.63) is 41.9 Å². The number of carbonyl (C=O) groups excluding carboxylic acids is 2. The fourth-order valence-corrected chi connectivity index (χ4v) is 5.19. The van der Waals surface area contributed by atoms with Crippen molar-refractivity contribution in [1.29, 1.82) is 0 Å². The van der Waals surface area contributed by atoms with Gasteiger partial charge in [-0.05, 0) is 42.5 Å². The molecular formula is C25H32F5N7O4. The third kappa shape index (κ3) is 7.29. The number of carbonyl (C=O) groups is 2. The van der Waals surface area contributed by atoms with Crippen LogP contribution in [0.5, 0.6) is 0 Å². The molecule has 0 bridgehead atoms. The minimum atomic E-state index is -4.63. The van der Waals surface area contributed by atoms with Crippen LogP contribution < -0.4 is 16.0 Å². The zero-order valence-electron chi connectivity index (χ0n) is 22.4. The maximum Gasteiger partial charge on any atom is 0.410 e. The Hall–Kier alpha value is -3.37. The summed E-state index contributed by atoms with van der Waals surface area (Å²) in [5.74, 6) is -4.00. The van der Waals surface area contributed by atoms with E-state index < -0.39 is 73.7 Å². The first kappa shape index (κ1) is 30.6. The number of hydrogen-bond donors (Lipinski definition) is 4. The lowest BCUT2D eigenvalue weighted by molar-refractivity contribution is -0.150. The number of pyridine rings is 1. The molecule has 1 aliphatic heterocycles. The summed E-state index contributed by atoms with van der Waals surface area (Å²) in [7, 11) is 2.93. The van der Waals surface area contributed by atoms with Gasteiger partial charge in [0.2, 0.25) is 11.8 Å². The molecule has 3 amide bonds. The number of methoxy groups -OCH3 is 1. The molecule has 2 aromatic rings. The van der Waals surface area contributed by atoms with E-state index in [1.807, 2.05) is 5.32 Å². The van der Waals surface area contributed by atoms with E-state index in [-0.39, 0.29) is 25.3 Å². The van der Waals surface area contributed by atoms with Gasteiger partial charge in [-0.3, -0.25) is 14.8 Å². The molecule has 16 heteroatoms. The molecule has 4 atom stereocenters. The van der Waals surface area contributed by atoms with Crippen LogP contribution in [0.2, 0.25) is 0 Å². The SMILES string of the molecule is COC[C@H](c1ccnc(NC(=O)[C@@H](NC(O)c2ccnn2C)C2CCC(F)(F)CC2)c1)N1C[C@@H](C(F)(F)F)NC1=O. The van der Waals surface area contributed by atoms with Crippen molar-refractivity contribution in [3.8, 4) is 0 Å².